The summed E-state index contributed by atoms with van der Waals surface area (Å²) in [6.07, 6.45) is 0. The van der Waals surface area contributed by atoms with E-state index in [1.807, 2.05) is 31.2 Å². The van der Waals surface area contributed by atoms with Gasteiger partial charge in [0.05, 0.1) is 19.8 Å². The van der Waals surface area contributed by atoms with Crippen molar-refractivity contribution in [2.45, 2.75) is 13.8 Å². The van der Waals surface area contributed by atoms with Gasteiger partial charge in [-0.25, -0.2) is 0 Å². The molecule has 0 saturated carbocycles. The first-order chi connectivity index (χ1) is 10.7. The number of methoxy groups -OCH3 is 1. The highest BCUT2D eigenvalue weighted by Crippen LogP contribution is 2.29. The molecule has 0 aliphatic heterocycles. The Labute approximate surface area is 133 Å². The lowest BCUT2D eigenvalue weighted by atomic mass is 10.2. The van der Waals surface area contributed by atoms with Gasteiger partial charge in [-0.15, -0.1) is 10.2 Å². The highest BCUT2D eigenvalue weighted by atomic mass is 32.1. The number of ether oxygens (including phenoxy) is 2. The Morgan fingerprint density at radius 3 is 2.59 bits per heavy atom. The molecule has 0 saturated heterocycles. The van der Waals surface area contributed by atoms with Gasteiger partial charge in [0.25, 0.3) is 0 Å². The Balaban J connectivity index is 2.17. The lowest BCUT2D eigenvalue weighted by molar-refractivity contribution is -0.116. The van der Waals surface area contributed by atoms with Gasteiger partial charge < -0.3 is 9.47 Å². The smallest absolute Gasteiger partial charge is 0.225 e. The van der Waals surface area contributed by atoms with Crippen molar-refractivity contribution < 1.29 is 14.3 Å². The number of nitrogens with zero attached hydrogens (tertiary/aromatic N) is 3. The average molecular weight is 321 g/mol. The molecule has 0 spiro atoms. The van der Waals surface area contributed by atoms with Gasteiger partial charge in [-0.1, -0.05) is 11.3 Å². The van der Waals surface area contributed by atoms with Gasteiger partial charge in [0.15, 0.2) is 0 Å². The van der Waals surface area contributed by atoms with E-state index >= 15 is 0 Å². The van der Waals surface area contributed by atoms with Crippen molar-refractivity contribution in [2.75, 3.05) is 31.8 Å². The topological polar surface area (TPSA) is 64.6 Å². The number of hydrogen-bond acceptors (Lipinski definition) is 6. The van der Waals surface area contributed by atoms with E-state index in [-0.39, 0.29) is 5.91 Å². The van der Waals surface area contributed by atoms with Gasteiger partial charge >= 0.3 is 0 Å². The second-order valence-electron chi connectivity index (χ2n) is 4.51. The first kappa shape index (κ1) is 16.4. The summed E-state index contributed by atoms with van der Waals surface area (Å²) in [5.41, 5.74) is 0.947. The molecule has 0 bridgehead atoms. The predicted molar refractivity (Wildman–Crippen MR) is 86.4 cm³/mol. The molecule has 0 unspecified atom stereocenters. The normalized spacial score (nSPS) is 10.5. The van der Waals surface area contributed by atoms with Crippen molar-refractivity contribution in [3.8, 4) is 16.3 Å². The quantitative estimate of drug-likeness (QED) is 0.784. The first-order valence-corrected chi connectivity index (χ1v) is 7.81. The summed E-state index contributed by atoms with van der Waals surface area (Å²) in [6.45, 7) is 5.01. The lowest BCUT2D eigenvalue weighted by Gasteiger charge is -2.16. The van der Waals surface area contributed by atoms with Crippen molar-refractivity contribution in [1.82, 2.24) is 10.2 Å². The van der Waals surface area contributed by atoms with E-state index in [1.54, 1.807) is 12.0 Å². The molecule has 1 aromatic heterocycles. The van der Waals surface area contributed by atoms with E-state index < -0.39 is 0 Å². The summed E-state index contributed by atoms with van der Waals surface area (Å²) in [4.78, 5) is 13.3. The zero-order chi connectivity index (χ0) is 15.9. The van der Waals surface area contributed by atoms with Crippen LogP contribution in [0.5, 0.6) is 5.75 Å². The van der Waals surface area contributed by atoms with Gasteiger partial charge in [-0.3, -0.25) is 9.69 Å². The lowest BCUT2D eigenvalue weighted by Crippen LogP contribution is -2.31. The number of anilines is 1. The Morgan fingerprint density at radius 2 is 2.00 bits per heavy atom. The molecule has 0 atom stereocenters. The maximum atomic E-state index is 11.7. The molecule has 0 fully saturated rings. The Kier molecular flexibility index (Phi) is 5.85. The average Bonchev–Trinajstić information content (AvgIpc) is 2.98. The fraction of sp³-hybridized carbons (Fsp3) is 0.400. The standard InChI is InChI=1S/C15H19N3O3S/c1-4-21-13-7-5-12(6-8-13)14-16-17-15(22-14)18(11(2)19)9-10-20-3/h5-8H,4,9-10H2,1-3H3. The maximum absolute atomic E-state index is 11.7. The number of aromatic nitrogens is 2. The van der Waals surface area contributed by atoms with E-state index in [0.29, 0.717) is 24.9 Å². The molecular weight excluding hydrogens is 302 g/mol. The molecule has 0 radical (unpaired) electrons. The van der Waals surface area contributed by atoms with E-state index in [9.17, 15) is 4.79 Å². The molecular formula is C15H19N3O3S. The summed E-state index contributed by atoms with van der Waals surface area (Å²) in [5, 5.41) is 9.62. The van der Waals surface area contributed by atoms with Crippen LogP contribution in [-0.4, -0.2) is 43.0 Å². The minimum absolute atomic E-state index is 0.0774. The molecule has 6 nitrogen and oxygen atoms in total. The fourth-order valence-electron chi connectivity index (χ4n) is 1.87. The van der Waals surface area contributed by atoms with Crippen LogP contribution in [0.1, 0.15) is 13.8 Å². The number of rotatable bonds is 7. The summed E-state index contributed by atoms with van der Waals surface area (Å²) >= 11 is 1.38. The molecule has 2 aromatic rings. The van der Waals surface area contributed by atoms with Gasteiger partial charge in [-0.05, 0) is 31.2 Å². The summed E-state index contributed by atoms with van der Waals surface area (Å²) < 4.78 is 10.4. The third kappa shape index (κ3) is 4.02. The zero-order valence-electron chi connectivity index (χ0n) is 12.9. The van der Waals surface area contributed by atoms with Crippen molar-refractivity contribution in [2.24, 2.45) is 0 Å². The van der Waals surface area contributed by atoms with E-state index in [4.69, 9.17) is 9.47 Å². The highest BCUT2D eigenvalue weighted by molar-refractivity contribution is 7.18. The number of carbonyl (C=O) groups is 1. The summed E-state index contributed by atoms with van der Waals surface area (Å²) in [5.74, 6) is 0.743. The first-order valence-electron chi connectivity index (χ1n) is 6.99. The van der Waals surface area contributed by atoms with Gasteiger partial charge in [0.1, 0.15) is 10.8 Å². The van der Waals surface area contributed by atoms with Crippen LogP contribution in [0, 0.1) is 0 Å². The molecule has 2 rings (SSSR count). The molecule has 7 heteroatoms. The Bertz CT molecular complexity index is 613. The summed E-state index contributed by atoms with van der Waals surface area (Å²) in [7, 11) is 1.60. The van der Waals surface area contributed by atoms with Crippen molar-refractivity contribution in [3.05, 3.63) is 24.3 Å². The van der Waals surface area contributed by atoms with Crippen LogP contribution >= 0.6 is 11.3 Å². The Hall–Kier alpha value is -1.99. The van der Waals surface area contributed by atoms with Gasteiger partial charge in [-0.2, -0.15) is 0 Å². The SMILES string of the molecule is CCOc1ccc(-c2nnc(N(CCOC)C(C)=O)s2)cc1. The molecule has 118 valence electrons. The number of benzene rings is 1. The monoisotopic (exact) mass is 321 g/mol. The van der Waals surface area contributed by atoms with Crippen molar-refractivity contribution >= 4 is 22.4 Å². The van der Waals surface area contributed by atoms with Crippen LogP contribution in [0.25, 0.3) is 10.6 Å². The maximum Gasteiger partial charge on any atom is 0.225 e. The Morgan fingerprint density at radius 1 is 1.27 bits per heavy atom. The van der Waals surface area contributed by atoms with E-state index in [1.165, 1.54) is 18.3 Å². The molecule has 1 amide bonds. The minimum Gasteiger partial charge on any atom is -0.494 e. The minimum atomic E-state index is -0.0774. The zero-order valence-corrected chi connectivity index (χ0v) is 13.7. The predicted octanol–water partition coefficient (Wildman–Crippen LogP) is 2.60. The van der Waals surface area contributed by atoms with Crippen molar-refractivity contribution in [1.29, 1.82) is 0 Å². The second-order valence-corrected chi connectivity index (χ2v) is 5.47. The molecule has 0 N–H and O–H groups in total. The third-order valence-electron chi connectivity index (χ3n) is 2.96. The van der Waals surface area contributed by atoms with Crippen LogP contribution in [0.2, 0.25) is 0 Å². The molecule has 1 aromatic carbocycles. The van der Waals surface area contributed by atoms with Crippen LogP contribution in [0.15, 0.2) is 24.3 Å². The molecule has 0 aliphatic carbocycles. The highest BCUT2D eigenvalue weighted by Gasteiger charge is 2.17. The third-order valence-corrected chi connectivity index (χ3v) is 3.95. The molecule has 1 heterocycles. The van der Waals surface area contributed by atoms with Gasteiger partial charge in [0.2, 0.25) is 11.0 Å². The van der Waals surface area contributed by atoms with Gasteiger partial charge in [0, 0.05) is 19.6 Å². The number of hydrogen-bond donors (Lipinski definition) is 0. The molecule has 0 aliphatic rings. The van der Waals surface area contributed by atoms with Crippen LogP contribution < -0.4 is 9.64 Å². The summed E-state index contributed by atoms with van der Waals surface area (Å²) in [6, 6.07) is 7.66. The van der Waals surface area contributed by atoms with E-state index in [0.717, 1.165) is 16.3 Å². The second kappa shape index (κ2) is 7.86. The van der Waals surface area contributed by atoms with Crippen LogP contribution in [0.3, 0.4) is 0 Å². The van der Waals surface area contributed by atoms with Crippen LogP contribution in [0.4, 0.5) is 5.13 Å². The number of carbonyl (C=O) groups excluding carboxylic acids is 1. The largest absolute Gasteiger partial charge is 0.494 e. The van der Waals surface area contributed by atoms with Crippen molar-refractivity contribution in [3.63, 3.8) is 0 Å². The molecule has 22 heavy (non-hydrogen) atoms. The van der Waals surface area contributed by atoms with E-state index in [2.05, 4.69) is 10.2 Å². The fourth-order valence-corrected chi connectivity index (χ4v) is 2.79. The number of amides is 1. The van der Waals surface area contributed by atoms with Crippen LogP contribution in [-0.2, 0) is 9.53 Å².